The first-order chi connectivity index (χ1) is 9.36. The Morgan fingerprint density at radius 3 is 2.70 bits per heavy atom. The van der Waals surface area contributed by atoms with E-state index in [1.807, 2.05) is 13.8 Å². The molecule has 6 nitrogen and oxygen atoms in total. The van der Waals surface area contributed by atoms with Crippen molar-refractivity contribution in [3.05, 3.63) is 18.0 Å². The van der Waals surface area contributed by atoms with Crippen molar-refractivity contribution in [1.29, 1.82) is 0 Å². The van der Waals surface area contributed by atoms with Crippen LogP contribution in [0.1, 0.15) is 37.2 Å². The molecule has 7 heteroatoms. The molecule has 112 valence electrons. The van der Waals surface area contributed by atoms with E-state index >= 15 is 0 Å². The first-order valence-electron chi connectivity index (χ1n) is 6.80. The molecule has 1 aromatic rings. The maximum atomic E-state index is 12.5. The number of carboxylic acid groups (broad SMARTS) is 1. The van der Waals surface area contributed by atoms with Gasteiger partial charge < -0.3 is 9.67 Å². The molecule has 0 amide bonds. The number of aryl methyl sites for hydroxylation is 1. The zero-order chi connectivity index (χ0) is 14.9. The molecule has 0 aromatic carbocycles. The van der Waals surface area contributed by atoms with Gasteiger partial charge in [0.25, 0.3) is 0 Å². The average molecular weight is 300 g/mol. The molecular formula is C13H20N2O4S. The minimum atomic E-state index is -3.58. The van der Waals surface area contributed by atoms with Gasteiger partial charge in [-0.05, 0) is 24.8 Å². The van der Waals surface area contributed by atoms with Crippen molar-refractivity contribution in [2.24, 2.45) is 5.92 Å². The van der Waals surface area contributed by atoms with Crippen molar-refractivity contribution in [1.82, 2.24) is 8.87 Å². The van der Waals surface area contributed by atoms with Gasteiger partial charge in [0.1, 0.15) is 10.6 Å². The summed E-state index contributed by atoms with van der Waals surface area (Å²) >= 11 is 0. The second-order valence-corrected chi connectivity index (χ2v) is 7.25. The highest BCUT2D eigenvalue weighted by molar-refractivity contribution is 7.89. The van der Waals surface area contributed by atoms with E-state index in [1.165, 1.54) is 21.1 Å². The van der Waals surface area contributed by atoms with E-state index < -0.39 is 16.0 Å². The second kappa shape index (κ2) is 5.57. The molecule has 1 N–H and O–H groups in total. The summed E-state index contributed by atoms with van der Waals surface area (Å²) in [5.41, 5.74) is 0.0256. The van der Waals surface area contributed by atoms with Crippen LogP contribution in [0.15, 0.2) is 17.2 Å². The molecule has 1 fully saturated rings. The molecule has 1 aliphatic rings. The van der Waals surface area contributed by atoms with Crippen molar-refractivity contribution in [3.8, 4) is 0 Å². The highest BCUT2D eigenvalue weighted by atomic mass is 32.2. The maximum absolute atomic E-state index is 12.5. The molecule has 2 heterocycles. The Hall–Kier alpha value is -1.34. The van der Waals surface area contributed by atoms with Gasteiger partial charge in [-0.3, -0.25) is 0 Å². The fourth-order valence-corrected chi connectivity index (χ4v) is 4.11. The number of rotatable bonds is 5. The van der Waals surface area contributed by atoms with E-state index in [9.17, 15) is 13.2 Å². The lowest BCUT2D eigenvalue weighted by Crippen LogP contribution is -2.28. The maximum Gasteiger partial charge on any atom is 0.352 e. The highest BCUT2D eigenvalue weighted by Crippen LogP contribution is 2.25. The van der Waals surface area contributed by atoms with Crippen LogP contribution in [-0.4, -0.2) is 41.5 Å². The number of carboxylic acids is 1. The third-order valence-electron chi connectivity index (χ3n) is 3.58. The molecule has 1 aliphatic heterocycles. The zero-order valence-corrected chi connectivity index (χ0v) is 12.6. The fourth-order valence-electron chi connectivity index (χ4n) is 2.49. The van der Waals surface area contributed by atoms with Crippen LogP contribution in [0.5, 0.6) is 0 Å². The summed E-state index contributed by atoms with van der Waals surface area (Å²) in [6, 6.07) is 1.26. The van der Waals surface area contributed by atoms with Crippen LogP contribution < -0.4 is 0 Å². The minimum Gasteiger partial charge on any atom is -0.477 e. The van der Waals surface area contributed by atoms with Crippen molar-refractivity contribution in [2.45, 2.75) is 38.1 Å². The summed E-state index contributed by atoms with van der Waals surface area (Å²) in [5.74, 6) is -0.754. The van der Waals surface area contributed by atoms with Gasteiger partial charge in [0.2, 0.25) is 10.0 Å². The lowest BCUT2D eigenvalue weighted by molar-refractivity contribution is 0.0685. The van der Waals surface area contributed by atoms with Crippen LogP contribution in [0.25, 0.3) is 0 Å². The molecule has 0 saturated carbocycles. The molecule has 20 heavy (non-hydrogen) atoms. The molecule has 1 aromatic heterocycles. The molecule has 0 radical (unpaired) electrons. The van der Waals surface area contributed by atoms with Crippen LogP contribution in [0.3, 0.4) is 0 Å². The number of sulfonamides is 1. The van der Waals surface area contributed by atoms with E-state index in [1.54, 1.807) is 0 Å². The van der Waals surface area contributed by atoms with Crippen molar-refractivity contribution in [2.75, 3.05) is 13.1 Å². The normalized spacial score (nSPS) is 20.4. The zero-order valence-electron chi connectivity index (χ0n) is 11.7. The van der Waals surface area contributed by atoms with Gasteiger partial charge in [-0.25, -0.2) is 13.2 Å². The quantitative estimate of drug-likeness (QED) is 0.896. The van der Waals surface area contributed by atoms with Crippen LogP contribution in [-0.2, 0) is 16.6 Å². The van der Waals surface area contributed by atoms with Gasteiger partial charge in [0.05, 0.1) is 0 Å². The predicted molar refractivity (Wildman–Crippen MR) is 74.2 cm³/mol. The summed E-state index contributed by atoms with van der Waals surface area (Å²) in [5, 5.41) is 9.15. The summed E-state index contributed by atoms with van der Waals surface area (Å²) in [6.07, 6.45) is 3.03. The Balaban J connectivity index is 2.37. The number of aromatic carboxylic acids is 1. The molecule has 0 aliphatic carbocycles. The van der Waals surface area contributed by atoms with Crippen LogP contribution in [0.4, 0.5) is 0 Å². The minimum absolute atomic E-state index is 0.0256. The number of nitrogens with zero attached hydrogens (tertiary/aromatic N) is 2. The van der Waals surface area contributed by atoms with Crippen molar-refractivity contribution < 1.29 is 18.3 Å². The fraction of sp³-hybridized carbons (Fsp3) is 0.615. The van der Waals surface area contributed by atoms with Crippen molar-refractivity contribution >= 4 is 16.0 Å². The van der Waals surface area contributed by atoms with E-state index in [4.69, 9.17) is 5.11 Å². The Bertz CT molecular complexity index is 606. The SMILES string of the molecule is CCCn1cc(S(=O)(=O)N2CCC(C)C2)cc1C(=O)O. The standard InChI is InChI=1S/C13H20N2O4S/c1-3-5-14-9-11(7-12(14)13(16)17)20(18,19)15-6-4-10(2)8-15/h7,9-10H,3-6,8H2,1-2H3,(H,16,17). The third kappa shape index (κ3) is 2.73. The number of hydrogen-bond acceptors (Lipinski definition) is 3. The van der Waals surface area contributed by atoms with Crippen LogP contribution in [0.2, 0.25) is 0 Å². The average Bonchev–Trinajstić information content (AvgIpc) is 2.96. The van der Waals surface area contributed by atoms with Crippen molar-refractivity contribution in [3.63, 3.8) is 0 Å². The molecule has 0 spiro atoms. The molecule has 2 rings (SSSR count). The Morgan fingerprint density at radius 2 is 2.20 bits per heavy atom. The highest BCUT2D eigenvalue weighted by Gasteiger charge is 2.32. The summed E-state index contributed by atoms with van der Waals surface area (Å²) in [4.78, 5) is 11.3. The van der Waals surface area contributed by atoms with Gasteiger partial charge in [-0.2, -0.15) is 4.31 Å². The van der Waals surface area contributed by atoms with E-state index in [-0.39, 0.29) is 10.6 Å². The molecule has 1 unspecified atom stereocenters. The first kappa shape index (κ1) is 15.1. The Labute approximate surface area is 119 Å². The lowest BCUT2D eigenvalue weighted by Gasteiger charge is -2.14. The smallest absolute Gasteiger partial charge is 0.352 e. The van der Waals surface area contributed by atoms with E-state index in [2.05, 4.69) is 0 Å². The number of carbonyl (C=O) groups is 1. The van der Waals surface area contributed by atoms with Gasteiger partial charge in [0.15, 0.2) is 0 Å². The molecule has 0 bridgehead atoms. The number of hydrogen-bond donors (Lipinski definition) is 1. The van der Waals surface area contributed by atoms with Gasteiger partial charge in [-0.1, -0.05) is 13.8 Å². The molecule has 1 saturated heterocycles. The van der Waals surface area contributed by atoms with Gasteiger partial charge in [0, 0.05) is 25.8 Å². The van der Waals surface area contributed by atoms with Crippen LogP contribution >= 0.6 is 0 Å². The molecule has 1 atom stereocenters. The number of aromatic nitrogens is 1. The Morgan fingerprint density at radius 1 is 1.50 bits per heavy atom. The predicted octanol–water partition coefficient (Wildman–Crippen LogP) is 1.63. The topological polar surface area (TPSA) is 79.6 Å². The van der Waals surface area contributed by atoms with E-state index in [0.717, 1.165) is 12.8 Å². The summed E-state index contributed by atoms with van der Waals surface area (Å²) in [7, 11) is -3.58. The first-order valence-corrected chi connectivity index (χ1v) is 8.24. The summed E-state index contributed by atoms with van der Waals surface area (Å²) < 4.78 is 27.9. The lowest BCUT2D eigenvalue weighted by atomic mass is 10.2. The van der Waals surface area contributed by atoms with Gasteiger partial charge in [-0.15, -0.1) is 0 Å². The van der Waals surface area contributed by atoms with E-state index in [0.29, 0.717) is 25.6 Å². The summed E-state index contributed by atoms with van der Waals surface area (Å²) in [6.45, 7) is 5.44. The largest absolute Gasteiger partial charge is 0.477 e. The Kier molecular flexibility index (Phi) is 4.19. The second-order valence-electron chi connectivity index (χ2n) is 5.32. The third-order valence-corrected chi connectivity index (χ3v) is 5.41. The van der Waals surface area contributed by atoms with Crippen LogP contribution in [0, 0.1) is 5.92 Å². The molecular weight excluding hydrogens is 280 g/mol. The monoisotopic (exact) mass is 300 g/mol. The van der Waals surface area contributed by atoms with Gasteiger partial charge >= 0.3 is 5.97 Å².